The average molecular weight is 1230 g/mol. The lowest BCUT2D eigenvalue weighted by atomic mass is 9.78. The molecule has 2 saturated heterocycles. The van der Waals surface area contributed by atoms with Gasteiger partial charge in [-0.1, -0.05) is 107 Å². The van der Waals surface area contributed by atoms with Gasteiger partial charge < -0.3 is 19.7 Å². The number of halogens is 1. The van der Waals surface area contributed by atoms with Crippen molar-refractivity contribution < 1.29 is 40.7 Å². The Balaban J connectivity index is 0.976. The molecule has 7 rings (SSSR count). The second-order valence-electron chi connectivity index (χ2n) is 23.4. The number of likely N-dealkylation sites (tertiary alicyclic amines) is 1. The number of hydrogen-bond donors (Lipinski definition) is 2. The van der Waals surface area contributed by atoms with E-state index in [2.05, 4.69) is 102 Å². The molecule has 2 aliphatic rings. The molecule has 2 fully saturated rings. The number of benzene rings is 5. The van der Waals surface area contributed by atoms with Crippen molar-refractivity contribution in [3.05, 3.63) is 137 Å². The number of ether oxygens (including phenoxy) is 2. The van der Waals surface area contributed by atoms with Crippen LogP contribution in [0.4, 0.5) is 11.4 Å². The van der Waals surface area contributed by atoms with E-state index in [1.807, 2.05) is 54.6 Å². The van der Waals surface area contributed by atoms with Crippen LogP contribution in [0.5, 0.6) is 0 Å². The molecule has 0 radical (unpaired) electrons. The summed E-state index contributed by atoms with van der Waals surface area (Å²) in [6.45, 7) is 18.1. The Kier molecular flexibility index (Phi) is 24.2. The molecule has 19 heteroatoms. The summed E-state index contributed by atoms with van der Waals surface area (Å²) in [4.78, 5) is 47.5. The summed E-state index contributed by atoms with van der Waals surface area (Å²) in [5.41, 5.74) is 5.00. The number of carbonyl (C=O) groups excluding carboxylic acids is 3. The molecular formula is C64H86ClN5O9S3Si. The van der Waals surface area contributed by atoms with Crippen LogP contribution >= 0.6 is 23.4 Å². The van der Waals surface area contributed by atoms with Gasteiger partial charge in [0.15, 0.2) is 9.84 Å². The number of sulfonamides is 1. The Labute approximate surface area is 504 Å². The van der Waals surface area contributed by atoms with Crippen molar-refractivity contribution in [1.82, 2.24) is 14.5 Å². The predicted octanol–water partition coefficient (Wildman–Crippen LogP) is 12.7. The average Bonchev–Trinajstić information content (AvgIpc) is 4.06. The lowest BCUT2D eigenvalue weighted by molar-refractivity contribution is -0.152. The highest BCUT2D eigenvalue weighted by Gasteiger charge is 2.33. The molecule has 0 spiro atoms. The molecule has 450 valence electrons. The first-order valence-corrected chi connectivity index (χ1v) is 37.9. The van der Waals surface area contributed by atoms with E-state index < -0.39 is 39.9 Å². The van der Waals surface area contributed by atoms with Crippen molar-refractivity contribution in [2.75, 3.05) is 74.7 Å². The van der Waals surface area contributed by atoms with Gasteiger partial charge in [-0.25, -0.2) is 21.6 Å². The number of anilines is 2. The van der Waals surface area contributed by atoms with Crippen LogP contribution in [0.25, 0.3) is 11.1 Å². The fourth-order valence-electron chi connectivity index (χ4n) is 11.3. The highest BCUT2D eigenvalue weighted by molar-refractivity contribution is 7.99. The summed E-state index contributed by atoms with van der Waals surface area (Å²) in [5.74, 6) is -0.106. The van der Waals surface area contributed by atoms with Gasteiger partial charge in [-0.15, -0.1) is 11.8 Å². The molecule has 1 amide bonds. The van der Waals surface area contributed by atoms with Crippen molar-refractivity contribution in [1.29, 1.82) is 0 Å². The maximum Gasteiger partial charge on any atom is 0.323 e. The van der Waals surface area contributed by atoms with Crippen molar-refractivity contribution in [3.63, 3.8) is 0 Å². The van der Waals surface area contributed by atoms with E-state index in [1.165, 1.54) is 23.3 Å². The largest absolute Gasteiger partial charge is 0.466 e. The Morgan fingerprint density at radius 3 is 2.14 bits per heavy atom. The zero-order valence-corrected chi connectivity index (χ0v) is 53.7. The van der Waals surface area contributed by atoms with Gasteiger partial charge in [-0.2, -0.15) is 0 Å². The summed E-state index contributed by atoms with van der Waals surface area (Å²) in [7, 11) is -9.90. The summed E-state index contributed by atoms with van der Waals surface area (Å²) in [5, 5.41) is 4.21. The third-order valence-corrected chi connectivity index (χ3v) is 21.5. The van der Waals surface area contributed by atoms with Crippen molar-refractivity contribution in [2.24, 2.45) is 5.92 Å². The van der Waals surface area contributed by atoms with Crippen LogP contribution in [-0.4, -0.2) is 135 Å². The first-order chi connectivity index (χ1) is 39.6. The minimum absolute atomic E-state index is 0.0724. The van der Waals surface area contributed by atoms with Crippen LogP contribution in [0, 0.1) is 5.92 Å². The highest BCUT2D eigenvalue weighted by atomic mass is 35.5. The normalized spacial score (nSPS) is 16.5. The highest BCUT2D eigenvalue weighted by Crippen LogP contribution is 2.39. The van der Waals surface area contributed by atoms with E-state index >= 15 is 0 Å². The van der Waals surface area contributed by atoms with Crippen molar-refractivity contribution >= 4 is 80.5 Å². The number of piperidine rings is 1. The van der Waals surface area contributed by atoms with Gasteiger partial charge >= 0.3 is 11.9 Å². The molecule has 4 atom stereocenters. The van der Waals surface area contributed by atoms with Gasteiger partial charge in [0.2, 0.25) is 0 Å². The van der Waals surface area contributed by atoms with Gasteiger partial charge in [-0.05, 0) is 172 Å². The maximum absolute atomic E-state index is 13.9. The van der Waals surface area contributed by atoms with Gasteiger partial charge in [0, 0.05) is 79.4 Å². The van der Waals surface area contributed by atoms with E-state index in [-0.39, 0.29) is 58.1 Å². The monoisotopic (exact) mass is 1230 g/mol. The Morgan fingerprint density at radius 2 is 1.48 bits per heavy atom. The van der Waals surface area contributed by atoms with E-state index in [9.17, 15) is 31.2 Å². The zero-order chi connectivity index (χ0) is 59.7. The standard InChI is InChI=1S/C64H86ClN5O9S3Si/c1-8-35-70(36-9-2)60(31-32-62(71)78-42-43-83(5,6)7)64(73)79-41-40-68-37-15-16-54(68)44-52(46-80-55-17-11-10-12-18-55)66-59-30-29-56(45-61(59)81(4,74)75)82(76,77)67-63(72)50-23-27-53(28-24-50)69-38-33-48(34-39-69)47(3)57-19-13-14-20-58(57)49-21-25-51(65)26-22-49/h10-14,17-30,45,47-48,52,54,60,66H,8-9,15-16,31-44,46H2,1-7H3,(H,67,72)/t47-,52-,54+,60+/m1/s1. The summed E-state index contributed by atoms with van der Waals surface area (Å²) >= 11 is 7.83. The van der Waals surface area contributed by atoms with Crippen LogP contribution in [0.15, 0.2) is 136 Å². The first-order valence-electron chi connectivity index (χ1n) is 29.5. The van der Waals surface area contributed by atoms with Crippen LogP contribution in [0.2, 0.25) is 30.7 Å². The zero-order valence-electron chi connectivity index (χ0n) is 49.5. The molecular weight excluding hydrogens is 1140 g/mol. The SMILES string of the molecule is CCCN(CCC)[C@@H](CCC(=O)OCC[Si](C)(C)C)C(=O)OCCN1CCC[C@H]1C[C@H](CSc1ccccc1)Nc1ccc(S(=O)(=O)NC(=O)c2ccc(N3CCC([C@@H](C)c4ccccc4-c4ccc(Cl)cc4)CC3)cc2)cc1S(C)(=O)=O. The van der Waals surface area contributed by atoms with Crippen LogP contribution < -0.4 is 14.9 Å². The first kappa shape index (κ1) is 65.3. The van der Waals surface area contributed by atoms with Crippen LogP contribution in [-0.2, 0) is 38.9 Å². The number of nitrogens with zero attached hydrogens (tertiary/aromatic N) is 3. The molecule has 2 N–H and O–H groups in total. The summed E-state index contributed by atoms with van der Waals surface area (Å²) < 4.78 is 68.8. The topological polar surface area (TPSA) is 172 Å². The number of amides is 1. The number of nitrogens with one attached hydrogen (secondary N) is 2. The Bertz CT molecular complexity index is 3140. The molecule has 0 saturated carbocycles. The third-order valence-electron chi connectivity index (χ3n) is 15.9. The fourth-order valence-corrected chi connectivity index (χ4v) is 15.1. The minimum atomic E-state index is -4.52. The Morgan fingerprint density at radius 1 is 0.807 bits per heavy atom. The van der Waals surface area contributed by atoms with Gasteiger partial charge in [-0.3, -0.25) is 24.2 Å². The molecule has 0 aromatic heterocycles. The van der Waals surface area contributed by atoms with Crippen LogP contribution in [0.1, 0.15) is 100 Å². The lowest BCUT2D eigenvalue weighted by Gasteiger charge is -2.37. The van der Waals surface area contributed by atoms with E-state index in [1.54, 1.807) is 23.9 Å². The molecule has 0 bridgehead atoms. The number of sulfone groups is 1. The van der Waals surface area contributed by atoms with Crippen LogP contribution in [0.3, 0.4) is 0 Å². The van der Waals surface area contributed by atoms with Crippen molar-refractivity contribution in [2.45, 2.75) is 143 Å². The lowest BCUT2D eigenvalue weighted by Crippen LogP contribution is -2.44. The predicted molar refractivity (Wildman–Crippen MR) is 340 cm³/mol. The maximum atomic E-state index is 13.9. The van der Waals surface area contributed by atoms with E-state index in [0.717, 1.165) is 92.7 Å². The van der Waals surface area contributed by atoms with E-state index in [0.29, 0.717) is 61.7 Å². The molecule has 0 unspecified atom stereocenters. The Hall–Kier alpha value is -5.21. The van der Waals surface area contributed by atoms with Gasteiger partial charge in [0.25, 0.3) is 15.9 Å². The molecule has 2 aliphatic heterocycles. The second-order valence-corrected chi connectivity index (χ2v) is 34.3. The molecule has 14 nitrogen and oxygen atoms in total. The molecule has 0 aliphatic carbocycles. The number of thioether (sulfide) groups is 1. The van der Waals surface area contributed by atoms with E-state index in [4.69, 9.17) is 21.1 Å². The smallest absolute Gasteiger partial charge is 0.323 e. The molecule has 2 heterocycles. The number of rotatable bonds is 30. The third kappa shape index (κ3) is 19.4. The molecule has 5 aromatic rings. The quantitative estimate of drug-likeness (QED) is 0.0253. The number of esters is 2. The molecule has 5 aromatic carbocycles. The van der Waals surface area contributed by atoms with Gasteiger partial charge in [0.05, 0.1) is 22.1 Å². The summed E-state index contributed by atoms with van der Waals surface area (Å²) in [6.07, 6.45) is 7.59. The van der Waals surface area contributed by atoms with Crippen molar-refractivity contribution in [3.8, 4) is 11.1 Å². The molecule has 83 heavy (non-hydrogen) atoms. The number of hydrogen-bond acceptors (Lipinski definition) is 14. The number of carbonyl (C=O) groups is 3. The van der Waals surface area contributed by atoms with Gasteiger partial charge in [0.1, 0.15) is 12.6 Å². The fraction of sp³-hybridized carbons (Fsp3) is 0.484. The minimum Gasteiger partial charge on any atom is -0.466 e. The summed E-state index contributed by atoms with van der Waals surface area (Å²) in [6, 6.07) is 37.3. The second kappa shape index (κ2) is 30.7.